The van der Waals surface area contributed by atoms with Crippen LogP contribution in [-0.2, 0) is 24.2 Å². The fourth-order valence-corrected chi connectivity index (χ4v) is 4.24. The van der Waals surface area contributed by atoms with Crippen LogP contribution in [0, 0.1) is 0 Å². The Labute approximate surface area is 176 Å². The van der Waals surface area contributed by atoms with Crippen molar-refractivity contribution in [1.29, 1.82) is 0 Å². The molecule has 0 bridgehead atoms. The highest BCUT2D eigenvalue weighted by Gasteiger charge is 2.26. The Balaban J connectivity index is 1.87. The summed E-state index contributed by atoms with van der Waals surface area (Å²) in [5.41, 5.74) is -0.317. The molecule has 1 fully saturated rings. The molecule has 30 heavy (non-hydrogen) atoms. The van der Waals surface area contributed by atoms with Crippen molar-refractivity contribution in [3.63, 3.8) is 0 Å². The van der Waals surface area contributed by atoms with E-state index in [2.05, 4.69) is 0 Å². The zero-order valence-electron chi connectivity index (χ0n) is 17.5. The summed E-state index contributed by atoms with van der Waals surface area (Å²) in [6, 6.07) is 5.74. The highest BCUT2D eigenvalue weighted by atomic mass is 32.2. The summed E-state index contributed by atoms with van der Waals surface area (Å²) in [7, 11) is -3.64. The number of sulfone groups is 1. The summed E-state index contributed by atoms with van der Waals surface area (Å²) in [6.07, 6.45) is 1.63. The molecule has 7 nitrogen and oxygen atoms in total. The Hall–Kier alpha value is -2.42. The Morgan fingerprint density at radius 1 is 1.20 bits per heavy atom. The molecule has 1 amide bonds. The molecule has 9 heteroatoms. The summed E-state index contributed by atoms with van der Waals surface area (Å²) >= 11 is 0. The third-order valence-corrected chi connectivity index (χ3v) is 5.97. The number of rotatable bonds is 9. The molecule has 0 radical (unpaired) electrons. The molecular formula is C21H28FNO6S. The van der Waals surface area contributed by atoms with Crippen LogP contribution in [0.25, 0.3) is 0 Å². The lowest BCUT2D eigenvalue weighted by molar-refractivity contribution is -0.154. The van der Waals surface area contributed by atoms with Gasteiger partial charge in [0.1, 0.15) is 23.8 Å². The molecule has 1 aromatic carbocycles. The van der Waals surface area contributed by atoms with Crippen molar-refractivity contribution in [2.24, 2.45) is 0 Å². The normalized spacial score (nSPS) is 15.4. The molecule has 1 saturated heterocycles. The quantitative estimate of drug-likeness (QED) is 0.546. The maximum Gasteiger partial charge on any atom is 0.306 e. The molecule has 1 heterocycles. The fraction of sp³-hybridized carbons (Fsp3) is 0.524. The number of halogens is 1. The lowest BCUT2D eigenvalue weighted by Gasteiger charge is -2.19. The molecular weight excluding hydrogens is 413 g/mol. The van der Waals surface area contributed by atoms with E-state index in [0.717, 1.165) is 0 Å². The number of nitrogens with zero attached hydrogens (tertiary/aromatic N) is 1. The predicted octanol–water partition coefficient (Wildman–Crippen LogP) is 3.39. The van der Waals surface area contributed by atoms with Crippen LogP contribution < -0.4 is 4.74 Å². The number of hydrogen-bond acceptors (Lipinski definition) is 6. The van der Waals surface area contributed by atoms with E-state index < -0.39 is 21.4 Å². The number of ether oxygens (including phenoxy) is 2. The molecule has 0 aliphatic carbocycles. The Morgan fingerprint density at radius 3 is 2.40 bits per heavy atom. The highest BCUT2D eigenvalue weighted by molar-refractivity contribution is 7.91. The Morgan fingerprint density at radius 2 is 1.87 bits per heavy atom. The first-order valence-electron chi connectivity index (χ1n) is 9.73. The molecule has 0 unspecified atom stereocenters. The monoisotopic (exact) mass is 441 g/mol. The Kier molecular flexibility index (Phi) is 8.00. The van der Waals surface area contributed by atoms with Crippen LogP contribution in [-0.4, -0.2) is 49.8 Å². The summed E-state index contributed by atoms with van der Waals surface area (Å²) in [4.78, 5) is 24.8. The van der Waals surface area contributed by atoms with Crippen LogP contribution in [0.2, 0.25) is 0 Å². The van der Waals surface area contributed by atoms with E-state index in [0.29, 0.717) is 31.5 Å². The van der Waals surface area contributed by atoms with Gasteiger partial charge >= 0.3 is 5.97 Å². The molecule has 0 spiro atoms. The van der Waals surface area contributed by atoms with E-state index >= 15 is 0 Å². The van der Waals surface area contributed by atoms with Crippen molar-refractivity contribution in [1.82, 2.24) is 4.90 Å². The molecule has 0 atom stereocenters. The largest absolute Gasteiger partial charge is 0.489 e. The van der Waals surface area contributed by atoms with E-state index in [-0.39, 0.29) is 41.7 Å². The molecule has 1 aliphatic rings. The summed E-state index contributed by atoms with van der Waals surface area (Å²) < 4.78 is 48.7. The first kappa shape index (κ1) is 23.9. The van der Waals surface area contributed by atoms with Crippen LogP contribution in [0.1, 0.15) is 46.5 Å². The van der Waals surface area contributed by atoms with Crippen LogP contribution in [0.3, 0.4) is 0 Å². The van der Waals surface area contributed by atoms with Crippen LogP contribution in [0.4, 0.5) is 4.39 Å². The number of esters is 1. The van der Waals surface area contributed by atoms with Gasteiger partial charge in [0.2, 0.25) is 5.91 Å². The van der Waals surface area contributed by atoms with Gasteiger partial charge in [-0.15, -0.1) is 0 Å². The van der Waals surface area contributed by atoms with Gasteiger partial charge in [-0.05, 0) is 63.5 Å². The van der Waals surface area contributed by atoms with Gasteiger partial charge in [-0.25, -0.2) is 12.8 Å². The maximum atomic E-state index is 13.1. The summed E-state index contributed by atoms with van der Waals surface area (Å²) in [5.74, 6) is -0.558. The topological polar surface area (TPSA) is 90.0 Å². The van der Waals surface area contributed by atoms with Gasteiger partial charge in [0.15, 0.2) is 9.84 Å². The third kappa shape index (κ3) is 7.44. The number of likely N-dealkylation sites (tertiary alicyclic amines) is 1. The number of amides is 1. The minimum Gasteiger partial charge on any atom is -0.489 e. The van der Waals surface area contributed by atoms with E-state index in [9.17, 15) is 22.4 Å². The van der Waals surface area contributed by atoms with Gasteiger partial charge in [-0.1, -0.05) is 0 Å². The second kappa shape index (κ2) is 10.1. The number of carbonyl (C=O) groups excluding carboxylic acids is 2. The third-order valence-electron chi connectivity index (χ3n) is 4.33. The lowest BCUT2D eigenvalue weighted by atomic mass is 10.1. The second-order valence-corrected chi connectivity index (χ2v) is 10.1. The zero-order valence-corrected chi connectivity index (χ0v) is 18.3. The molecule has 0 saturated carbocycles. The smallest absolute Gasteiger partial charge is 0.306 e. The predicted molar refractivity (Wildman–Crippen MR) is 109 cm³/mol. The average molecular weight is 442 g/mol. The molecule has 0 aromatic heterocycles. The number of hydrogen-bond donors (Lipinski definition) is 0. The van der Waals surface area contributed by atoms with Crippen LogP contribution in [0.15, 0.2) is 41.1 Å². The van der Waals surface area contributed by atoms with Gasteiger partial charge in [0.25, 0.3) is 0 Å². The first-order valence-corrected chi connectivity index (χ1v) is 11.4. The van der Waals surface area contributed by atoms with Crippen molar-refractivity contribution in [2.75, 3.05) is 19.0 Å². The minimum absolute atomic E-state index is 0.0305. The standard InChI is InChI=1S/C21H28FNO6S/c1-21(2,3)29-20(25)11-6-16(13-22)14-28-17-7-9-18(10-8-17)30(26,27)15-23-12-4-5-19(23)24/h7-10,13H,4-6,11-12,14-15H2,1-3H3/b16-13+. The molecule has 166 valence electrons. The summed E-state index contributed by atoms with van der Waals surface area (Å²) in [6.45, 7) is 5.64. The lowest BCUT2D eigenvalue weighted by Crippen LogP contribution is -2.30. The first-order chi connectivity index (χ1) is 14.0. The SMILES string of the molecule is CC(C)(C)OC(=O)CC/C(=C\F)COc1ccc(S(=O)(=O)CN2CCCC2=O)cc1. The van der Waals surface area contributed by atoms with E-state index in [1.54, 1.807) is 20.8 Å². The minimum atomic E-state index is -3.64. The fourth-order valence-electron chi connectivity index (χ4n) is 2.85. The number of benzene rings is 1. The highest BCUT2D eigenvalue weighted by Crippen LogP contribution is 2.21. The summed E-state index contributed by atoms with van der Waals surface area (Å²) in [5, 5.41) is 0. The number of carbonyl (C=O) groups is 2. The molecule has 0 N–H and O–H groups in total. The zero-order chi connectivity index (χ0) is 22.4. The maximum absolute atomic E-state index is 13.1. The molecule has 1 aromatic rings. The van der Waals surface area contributed by atoms with E-state index in [4.69, 9.17) is 9.47 Å². The Bertz CT molecular complexity index is 887. The molecule has 1 aliphatic heterocycles. The van der Waals surface area contributed by atoms with Crippen LogP contribution >= 0.6 is 0 Å². The van der Waals surface area contributed by atoms with Gasteiger partial charge in [-0.2, -0.15) is 0 Å². The van der Waals surface area contributed by atoms with Crippen LogP contribution in [0.5, 0.6) is 5.75 Å². The van der Waals surface area contributed by atoms with Crippen molar-refractivity contribution in [2.45, 2.75) is 57.0 Å². The van der Waals surface area contributed by atoms with Gasteiger partial charge in [0.05, 0.1) is 11.2 Å². The van der Waals surface area contributed by atoms with Gasteiger partial charge in [-0.3, -0.25) is 9.59 Å². The average Bonchev–Trinajstić information content (AvgIpc) is 3.05. The van der Waals surface area contributed by atoms with Crippen molar-refractivity contribution in [3.05, 3.63) is 36.2 Å². The van der Waals surface area contributed by atoms with E-state index in [1.807, 2.05) is 0 Å². The van der Waals surface area contributed by atoms with Gasteiger partial charge < -0.3 is 14.4 Å². The second-order valence-electron chi connectivity index (χ2n) is 8.12. The van der Waals surface area contributed by atoms with E-state index in [1.165, 1.54) is 29.2 Å². The van der Waals surface area contributed by atoms with Crippen molar-refractivity contribution in [3.8, 4) is 5.75 Å². The molecule has 2 rings (SSSR count). The van der Waals surface area contributed by atoms with Crippen molar-refractivity contribution >= 4 is 21.7 Å². The van der Waals surface area contributed by atoms with Crippen molar-refractivity contribution < 1.29 is 31.9 Å². The van der Waals surface area contributed by atoms with Gasteiger partial charge in [0, 0.05) is 19.4 Å².